The molecule has 0 saturated heterocycles. The van der Waals surface area contributed by atoms with Crippen molar-refractivity contribution >= 4 is 27.0 Å². The first-order valence-electron chi connectivity index (χ1n) is 12.0. The molecule has 0 unspecified atom stereocenters. The molecule has 0 saturated carbocycles. The third-order valence-electron chi connectivity index (χ3n) is 5.90. The van der Waals surface area contributed by atoms with Gasteiger partial charge in [0.25, 0.3) is 0 Å². The molecule has 0 amide bonds. The fourth-order valence-electron chi connectivity index (χ4n) is 3.84. The van der Waals surface area contributed by atoms with Gasteiger partial charge in [-0.05, 0) is 69.4 Å². The van der Waals surface area contributed by atoms with Crippen LogP contribution in [0.3, 0.4) is 0 Å². The van der Waals surface area contributed by atoms with E-state index in [1.165, 1.54) is 6.07 Å². The van der Waals surface area contributed by atoms with Gasteiger partial charge in [0.1, 0.15) is 11.3 Å². The maximum Gasteiger partial charge on any atom is 0.336 e. The van der Waals surface area contributed by atoms with E-state index < -0.39 is 15.6 Å². The van der Waals surface area contributed by atoms with Crippen LogP contribution >= 0.6 is 0 Å². The standard InChI is InChI=1S/C27H33NO6S/c1-4-5-9-21-18-26(30)34-27-20(3)24(16-15-23(21)27)33-25(29)10-7-6-8-17-28-35(31,32)22-13-11-19(2)12-14-22/h11-16,18,28H,4-10,17H2,1-3H3. The van der Waals surface area contributed by atoms with E-state index in [4.69, 9.17) is 9.15 Å². The zero-order valence-electron chi connectivity index (χ0n) is 20.6. The average Bonchev–Trinajstić information content (AvgIpc) is 2.82. The molecule has 8 heteroatoms. The number of sulfonamides is 1. The van der Waals surface area contributed by atoms with Gasteiger partial charge in [-0.15, -0.1) is 0 Å². The van der Waals surface area contributed by atoms with E-state index in [0.717, 1.165) is 35.8 Å². The number of esters is 1. The highest BCUT2D eigenvalue weighted by molar-refractivity contribution is 7.89. The van der Waals surface area contributed by atoms with Gasteiger partial charge in [0, 0.05) is 30.0 Å². The van der Waals surface area contributed by atoms with E-state index in [1.807, 2.05) is 13.0 Å². The van der Waals surface area contributed by atoms with Crippen LogP contribution in [0.4, 0.5) is 0 Å². The number of hydrogen-bond acceptors (Lipinski definition) is 6. The number of unbranched alkanes of at least 4 members (excludes halogenated alkanes) is 3. The second kappa shape index (κ2) is 12.1. The number of nitrogens with one attached hydrogen (secondary N) is 1. The lowest BCUT2D eigenvalue weighted by molar-refractivity contribution is -0.134. The Bertz CT molecular complexity index is 1330. The van der Waals surface area contributed by atoms with Gasteiger partial charge in [-0.1, -0.05) is 37.5 Å². The van der Waals surface area contributed by atoms with E-state index in [0.29, 0.717) is 42.7 Å². The first kappa shape index (κ1) is 26.6. The number of ether oxygens (including phenoxy) is 1. The summed E-state index contributed by atoms with van der Waals surface area (Å²) in [6, 6.07) is 11.8. The molecular formula is C27H33NO6S. The normalized spacial score (nSPS) is 11.6. The van der Waals surface area contributed by atoms with Crippen LogP contribution in [0.5, 0.6) is 5.75 Å². The number of carbonyl (C=O) groups excluding carboxylic acids is 1. The van der Waals surface area contributed by atoms with Gasteiger partial charge in [0.2, 0.25) is 10.0 Å². The highest BCUT2D eigenvalue weighted by Crippen LogP contribution is 2.29. The minimum Gasteiger partial charge on any atom is -0.426 e. The van der Waals surface area contributed by atoms with Crippen LogP contribution in [0.1, 0.15) is 62.1 Å². The quantitative estimate of drug-likeness (QED) is 0.159. The molecule has 1 heterocycles. The number of carbonyl (C=O) groups is 1. The van der Waals surface area contributed by atoms with Crippen LogP contribution < -0.4 is 15.1 Å². The SMILES string of the molecule is CCCCc1cc(=O)oc2c(C)c(OC(=O)CCCCCNS(=O)(=O)c3ccc(C)cc3)ccc12. The highest BCUT2D eigenvalue weighted by atomic mass is 32.2. The van der Waals surface area contributed by atoms with E-state index in [9.17, 15) is 18.0 Å². The molecule has 1 aromatic heterocycles. The van der Waals surface area contributed by atoms with Crippen LogP contribution in [-0.4, -0.2) is 20.9 Å². The molecular weight excluding hydrogens is 466 g/mol. The van der Waals surface area contributed by atoms with E-state index in [1.54, 1.807) is 37.3 Å². The molecule has 3 rings (SSSR count). The summed E-state index contributed by atoms with van der Waals surface area (Å²) in [4.78, 5) is 24.6. The first-order chi connectivity index (χ1) is 16.7. The Hall–Kier alpha value is -2.97. The smallest absolute Gasteiger partial charge is 0.336 e. The lowest BCUT2D eigenvalue weighted by Crippen LogP contribution is -2.24. The maximum absolute atomic E-state index is 12.4. The van der Waals surface area contributed by atoms with Gasteiger partial charge < -0.3 is 9.15 Å². The summed E-state index contributed by atoms with van der Waals surface area (Å²) in [5.74, 6) is 0.00122. The van der Waals surface area contributed by atoms with Crippen LogP contribution in [0.15, 0.2) is 56.6 Å². The lowest BCUT2D eigenvalue weighted by atomic mass is 10.0. The van der Waals surface area contributed by atoms with Crippen LogP contribution in [-0.2, 0) is 21.2 Å². The molecule has 188 valence electrons. The second-order valence-electron chi connectivity index (χ2n) is 8.76. The molecule has 35 heavy (non-hydrogen) atoms. The van der Waals surface area contributed by atoms with Crippen molar-refractivity contribution in [2.45, 2.75) is 70.6 Å². The lowest BCUT2D eigenvalue weighted by Gasteiger charge is -2.11. The van der Waals surface area contributed by atoms with Gasteiger partial charge in [-0.2, -0.15) is 0 Å². The highest BCUT2D eigenvalue weighted by Gasteiger charge is 2.15. The van der Waals surface area contributed by atoms with Crippen molar-refractivity contribution in [1.82, 2.24) is 4.72 Å². The molecule has 0 aliphatic carbocycles. The molecule has 0 radical (unpaired) electrons. The Kier molecular flexibility index (Phi) is 9.23. The Morgan fingerprint density at radius 2 is 1.74 bits per heavy atom. The van der Waals surface area contributed by atoms with Crippen molar-refractivity contribution in [2.24, 2.45) is 0 Å². The molecule has 0 fully saturated rings. The van der Waals surface area contributed by atoms with Crippen LogP contribution in [0.2, 0.25) is 0 Å². The summed E-state index contributed by atoms with van der Waals surface area (Å²) in [5, 5.41) is 0.864. The maximum atomic E-state index is 12.4. The summed E-state index contributed by atoms with van der Waals surface area (Å²) < 4.78 is 38.1. The molecule has 0 bridgehead atoms. The summed E-state index contributed by atoms with van der Waals surface area (Å²) >= 11 is 0. The summed E-state index contributed by atoms with van der Waals surface area (Å²) in [7, 11) is -3.53. The Morgan fingerprint density at radius 3 is 2.46 bits per heavy atom. The molecule has 0 aliphatic heterocycles. The number of aryl methyl sites for hydroxylation is 3. The van der Waals surface area contributed by atoms with E-state index in [2.05, 4.69) is 11.6 Å². The second-order valence-corrected chi connectivity index (χ2v) is 10.5. The molecule has 1 N–H and O–H groups in total. The third-order valence-corrected chi connectivity index (χ3v) is 7.38. The predicted molar refractivity (Wildman–Crippen MR) is 136 cm³/mol. The van der Waals surface area contributed by atoms with Crippen LogP contribution in [0, 0.1) is 13.8 Å². The Labute approximate surface area is 206 Å². The number of fused-ring (bicyclic) bond motifs is 1. The zero-order chi connectivity index (χ0) is 25.4. The van der Waals surface area contributed by atoms with Crippen molar-refractivity contribution in [3.63, 3.8) is 0 Å². The minimum atomic E-state index is -3.53. The van der Waals surface area contributed by atoms with Crippen molar-refractivity contribution in [3.8, 4) is 5.75 Å². The number of rotatable bonds is 12. The number of hydrogen-bond donors (Lipinski definition) is 1. The fourth-order valence-corrected chi connectivity index (χ4v) is 4.92. The monoisotopic (exact) mass is 499 g/mol. The molecule has 7 nitrogen and oxygen atoms in total. The summed E-state index contributed by atoms with van der Waals surface area (Å²) in [6.07, 6.45) is 4.86. The molecule has 0 spiro atoms. The van der Waals surface area contributed by atoms with E-state index in [-0.39, 0.29) is 17.3 Å². The van der Waals surface area contributed by atoms with Gasteiger partial charge in [0.05, 0.1) is 4.90 Å². The first-order valence-corrected chi connectivity index (χ1v) is 13.5. The van der Waals surface area contributed by atoms with Crippen molar-refractivity contribution in [2.75, 3.05) is 6.54 Å². The van der Waals surface area contributed by atoms with Gasteiger partial charge in [0.15, 0.2) is 0 Å². The zero-order valence-corrected chi connectivity index (χ0v) is 21.4. The third kappa shape index (κ3) is 7.26. The van der Waals surface area contributed by atoms with Gasteiger partial charge in [-0.3, -0.25) is 4.79 Å². The molecule has 0 aliphatic rings. The van der Waals surface area contributed by atoms with Gasteiger partial charge in [-0.25, -0.2) is 17.9 Å². The van der Waals surface area contributed by atoms with Crippen molar-refractivity contribution < 1.29 is 22.4 Å². The molecule has 3 aromatic rings. The summed E-state index contributed by atoms with van der Waals surface area (Å²) in [5.41, 5.74) is 2.60. The predicted octanol–water partition coefficient (Wildman–Crippen LogP) is 5.20. The topological polar surface area (TPSA) is 103 Å². The number of benzene rings is 2. The minimum absolute atomic E-state index is 0.211. The molecule has 2 aromatic carbocycles. The van der Waals surface area contributed by atoms with Crippen LogP contribution in [0.25, 0.3) is 11.0 Å². The van der Waals surface area contributed by atoms with Crippen molar-refractivity contribution in [3.05, 3.63) is 69.6 Å². The largest absolute Gasteiger partial charge is 0.426 e. The average molecular weight is 500 g/mol. The van der Waals surface area contributed by atoms with E-state index >= 15 is 0 Å². The molecule has 0 atom stereocenters. The fraction of sp³-hybridized carbons (Fsp3) is 0.407. The summed E-state index contributed by atoms with van der Waals surface area (Å²) in [6.45, 7) is 6.07. The van der Waals surface area contributed by atoms with Crippen molar-refractivity contribution in [1.29, 1.82) is 0 Å². The Balaban J connectivity index is 1.49. The van der Waals surface area contributed by atoms with Gasteiger partial charge >= 0.3 is 11.6 Å². The Morgan fingerprint density at radius 1 is 1.00 bits per heavy atom.